The van der Waals surface area contributed by atoms with Crippen LogP contribution in [-0.2, 0) is 24.3 Å². The third kappa shape index (κ3) is 6.60. The fraction of sp³-hybridized carbons (Fsp3) is 0.211. The molecule has 28 heavy (non-hydrogen) atoms. The monoisotopic (exact) mass is 404 g/mol. The third-order valence-electron chi connectivity index (χ3n) is 3.61. The molecule has 0 unspecified atom stereocenters. The van der Waals surface area contributed by atoms with Crippen LogP contribution in [0.2, 0.25) is 0 Å². The number of ether oxygens (including phenoxy) is 1. The molecular formula is C19H20N2O6S. The topological polar surface area (TPSA) is 119 Å². The molecule has 2 aromatic carbocycles. The molecule has 0 saturated heterocycles. The van der Waals surface area contributed by atoms with E-state index in [0.29, 0.717) is 11.3 Å². The largest absolute Gasteiger partial charge is 0.456 e. The number of hydrogen-bond donors (Lipinski definition) is 2. The predicted octanol–water partition coefficient (Wildman–Crippen LogP) is 1.74. The maximum absolute atomic E-state index is 12.0. The molecule has 0 spiro atoms. The Labute approximate surface area is 163 Å². The maximum Gasteiger partial charge on any atom is 0.307 e. The van der Waals surface area contributed by atoms with Gasteiger partial charge in [0, 0.05) is 17.8 Å². The van der Waals surface area contributed by atoms with Crippen molar-refractivity contribution in [1.29, 1.82) is 0 Å². The van der Waals surface area contributed by atoms with Crippen LogP contribution in [0.1, 0.15) is 23.7 Å². The lowest BCUT2D eigenvalue weighted by Gasteiger charge is -2.08. The summed E-state index contributed by atoms with van der Waals surface area (Å²) >= 11 is 0. The van der Waals surface area contributed by atoms with Crippen LogP contribution in [0.5, 0.6) is 0 Å². The van der Waals surface area contributed by atoms with Crippen LogP contribution in [0.3, 0.4) is 0 Å². The third-order valence-corrected chi connectivity index (χ3v) is 5.09. The molecule has 0 aliphatic heterocycles. The smallest absolute Gasteiger partial charge is 0.307 e. The molecule has 0 fully saturated rings. The number of sulfonamides is 1. The van der Waals surface area contributed by atoms with Crippen LogP contribution in [0.15, 0.2) is 59.5 Å². The van der Waals surface area contributed by atoms with E-state index in [-0.39, 0.29) is 23.6 Å². The number of ketones is 1. The first kappa shape index (κ1) is 21.3. The van der Waals surface area contributed by atoms with Crippen molar-refractivity contribution in [3.05, 3.63) is 60.2 Å². The molecule has 0 atom stereocenters. The van der Waals surface area contributed by atoms with E-state index in [1.165, 1.54) is 19.1 Å². The molecule has 0 heterocycles. The number of nitrogens with one attached hydrogen (secondary N) is 2. The van der Waals surface area contributed by atoms with Crippen molar-refractivity contribution < 1.29 is 27.5 Å². The Kier molecular flexibility index (Phi) is 7.42. The molecule has 9 heteroatoms. The number of carbonyl (C=O) groups is 3. The second-order valence-corrected chi connectivity index (χ2v) is 7.57. The molecular weight excluding hydrogens is 384 g/mol. The number of carbonyl (C=O) groups excluding carboxylic acids is 3. The highest BCUT2D eigenvalue weighted by molar-refractivity contribution is 7.89. The number of hydrogen-bond acceptors (Lipinski definition) is 6. The Balaban J connectivity index is 1.72. The van der Waals surface area contributed by atoms with Crippen molar-refractivity contribution in [3.8, 4) is 0 Å². The number of benzene rings is 2. The molecule has 2 N–H and O–H groups in total. The summed E-state index contributed by atoms with van der Waals surface area (Å²) in [5.74, 6) is -1.35. The fourth-order valence-electron chi connectivity index (χ4n) is 2.17. The van der Waals surface area contributed by atoms with Crippen LogP contribution in [0.25, 0.3) is 0 Å². The van der Waals surface area contributed by atoms with Crippen molar-refractivity contribution >= 4 is 33.4 Å². The zero-order valence-corrected chi connectivity index (χ0v) is 16.0. The summed E-state index contributed by atoms with van der Waals surface area (Å²) in [6.07, 6.45) is -0.216. The normalized spacial score (nSPS) is 10.9. The summed E-state index contributed by atoms with van der Waals surface area (Å²) in [5, 5.41) is 2.53. The van der Waals surface area contributed by atoms with E-state index in [9.17, 15) is 22.8 Å². The lowest BCUT2D eigenvalue weighted by Crippen LogP contribution is -2.27. The number of amides is 1. The van der Waals surface area contributed by atoms with Gasteiger partial charge in [-0.1, -0.05) is 18.2 Å². The van der Waals surface area contributed by atoms with Crippen molar-refractivity contribution in [2.75, 3.05) is 18.5 Å². The molecule has 0 saturated carbocycles. The van der Waals surface area contributed by atoms with Crippen LogP contribution in [0.4, 0.5) is 5.69 Å². The maximum atomic E-state index is 12.0. The van der Waals surface area contributed by atoms with E-state index < -0.39 is 28.5 Å². The molecule has 148 valence electrons. The Morgan fingerprint density at radius 1 is 0.964 bits per heavy atom. The molecule has 0 aromatic heterocycles. The van der Waals surface area contributed by atoms with Crippen molar-refractivity contribution in [2.24, 2.45) is 0 Å². The van der Waals surface area contributed by atoms with Gasteiger partial charge >= 0.3 is 5.97 Å². The average molecular weight is 404 g/mol. The van der Waals surface area contributed by atoms with Gasteiger partial charge in [0.2, 0.25) is 10.0 Å². The van der Waals surface area contributed by atoms with Crippen LogP contribution in [0, 0.1) is 0 Å². The molecule has 0 aliphatic rings. The number of anilines is 1. The summed E-state index contributed by atoms with van der Waals surface area (Å²) < 4.78 is 31.1. The Morgan fingerprint density at radius 3 is 2.21 bits per heavy atom. The Morgan fingerprint density at radius 2 is 1.61 bits per heavy atom. The zero-order chi connectivity index (χ0) is 20.6. The second-order valence-electron chi connectivity index (χ2n) is 5.80. The van der Waals surface area contributed by atoms with Gasteiger partial charge in [0.25, 0.3) is 5.91 Å². The first-order chi connectivity index (χ1) is 13.3. The van der Waals surface area contributed by atoms with E-state index in [2.05, 4.69) is 10.0 Å². The lowest BCUT2D eigenvalue weighted by atomic mass is 10.1. The molecule has 0 radical (unpaired) electrons. The van der Waals surface area contributed by atoms with Crippen molar-refractivity contribution in [1.82, 2.24) is 4.72 Å². The van der Waals surface area contributed by atoms with E-state index in [1.807, 2.05) is 0 Å². The fourth-order valence-corrected chi connectivity index (χ4v) is 3.23. The summed E-state index contributed by atoms with van der Waals surface area (Å²) in [4.78, 5) is 34.7. The molecule has 2 rings (SSSR count). The standard InChI is InChI=1S/C19H20N2O6S/c1-14(22)15-7-9-16(10-8-15)21-18(23)13-27-19(24)11-12-20-28(25,26)17-5-3-2-4-6-17/h2-10,20H,11-13H2,1H3,(H,21,23). The second kappa shape index (κ2) is 9.77. The van der Waals surface area contributed by atoms with Gasteiger partial charge in [-0.25, -0.2) is 13.1 Å². The number of rotatable bonds is 9. The SMILES string of the molecule is CC(=O)c1ccc(NC(=O)COC(=O)CCNS(=O)(=O)c2ccccc2)cc1. The van der Waals surface area contributed by atoms with Crippen LogP contribution in [-0.4, -0.2) is 39.2 Å². The van der Waals surface area contributed by atoms with Gasteiger partial charge < -0.3 is 10.1 Å². The Hall–Kier alpha value is -3.04. The number of esters is 1. The Bertz CT molecular complexity index is 940. The van der Waals surface area contributed by atoms with E-state index in [1.54, 1.807) is 42.5 Å². The summed E-state index contributed by atoms with van der Waals surface area (Å²) in [7, 11) is -3.70. The van der Waals surface area contributed by atoms with Crippen molar-refractivity contribution in [2.45, 2.75) is 18.2 Å². The lowest BCUT2D eigenvalue weighted by molar-refractivity contribution is -0.147. The van der Waals surface area contributed by atoms with Gasteiger partial charge in [-0.05, 0) is 43.3 Å². The van der Waals surface area contributed by atoms with Gasteiger partial charge in [-0.3, -0.25) is 14.4 Å². The highest BCUT2D eigenvalue weighted by Crippen LogP contribution is 2.10. The first-order valence-corrected chi connectivity index (χ1v) is 9.87. The molecule has 8 nitrogen and oxygen atoms in total. The van der Waals surface area contributed by atoms with Gasteiger partial charge in [0.1, 0.15) is 0 Å². The van der Waals surface area contributed by atoms with Crippen molar-refractivity contribution in [3.63, 3.8) is 0 Å². The minimum Gasteiger partial charge on any atom is -0.456 e. The predicted molar refractivity (Wildman–Crippen MR) is 102 cm³/mol. The zero-order valence-electron chi connectivity index (χ0n) is 15.2. The molecule has 0 aliphatic carbocycles. The van der Waals surface area contributed by atoms with E-state index in [4.69, 9.17) is 4.74 Å². The minimum atomic E-state index is -3.70. The van der Waals surface area contributed by atoms with Gasteiger partial charge in [-0.2, -0.15) is 0 Å². The molecule has 2 aromatic rings. The molecule has 1 amide bonds. The van der Waals surface area contributed by atoms with Gasteiger partial charge in [0.15, 0.2) is 12.4 Å². The summed E-state index contributed by atoms with van der Waals surface area (Å²) in [5.41, 5.74) is 0.976. The van der Waals surface area contributed by atoms with Gasteiger partial charge in [-0.15, -0.1) is 0 Å². The number of Topliss-reactive ketones (excluding diaryl/α,β-unsaturated/α-hetero) is 1. The summed E-state index contributed by atoms with van der Waals surface area (Å²) in [6, 6.07) is 14.0. The molecule has 0 bridgehead atoms. The highest BCUT2D eigenvalue weighted by atomic mass is 32.2. The quantitative estimate of drug-likeness (QED) is 0.485. The summed E-state index contributed by atoms with van der Waals surface area (Å²) in [6.45, 7) is 0.788. The first-order valence-electron chi connectivity index (χ1n) is 8.39. The minimum absolute atomic E-state index is 0.0882. The average Bonchev–Trinajstić information content (AvgIpc) is 2.67. The van der Waals surface area contributed by atoms with Gasteiger partial charge in [0.05, 0.1) is 11.3 Å². The highest BCUT2D eigenvalue weighted by Gasteiger charge is 2.14. The van der Waals surface area contributed by atoms with E-state index >= 15 is 0 Å². The van der Waals surface area contributed by atoms with Crippen LogP contribution < -0.4 is 10.0 Å². The van der Waals surface area contributed by atoms with E-state index in [0.717, 1.165) is 0 Å². The van der Waals surface area contributed by atoms with Crippen LogP contribution >= 0.6 is 0 Å².